The van der Waals surface area contributed by atoms with Gasteiger partial charge in [-0.2, -0.15) is 8.42 Å². The second kappa shape index (κ2) is 8.56. The molecular weight excluding hydrogens is 429 g/mol. The number of anilines is 2. The molecule has 0 radical (unpaired) electrons. The fourth-order valence-electron chi connectivity index (χ4n) is 2.86. The van der Waals surface area contributed by atoms with Gasteiger partial charge >= 0.3 is 11.9 Å². The average molecular weight is 447 g/mol. The summed E-state index contributed by atoms with van der Waals surface area (Å²) in [6.45, 7) is 3.17. The number of amidine groups is 1. The lowest BCUT2D eigenvalue weighted by Gasteiger charge is -2.12. The van der Waals surface area contributed by atoms with Crippen molar-refractivity contribution < 1.29 is 32.2 Å². The third-order valence-electron chi connectivity index (χ3n) is 4.22. The Hall–Kier alpha value is -3.73. The van der Waals surface area contributed by atoms with E-state index in [1.165, 1.54) is 0 Å². The lowest BCUT2D eigenvalue weighted by atomic mass is 10.2. The Morgan fingerprint density at radius 3 is 2.39 bits per heavy atom. The first kappa shape index (κ1) is 22.0. The Kier molecular flexibility index (Phi) is 6.07. The summed E-state index contributed by atoms with van der Waals surface area (Å²) in [7, 11) is -4.61. The number of carbonyl (C=O) groups excluding carboxylic acids is 1. The zero-order valence-corrected chi connectivity index (χ0v) is 17.3. The molecule has 162 valence electrons. The molecule has 2 aromatic carbocycles. The molecule has 2 aromatic rings. The molecule has 11 heteroatoms. The van der Waals surface area contributed by atoms with Crippen LogP contribution in [0.2, 0.25) is 0 Å². The molecule has 9 nitrogen and oxygen atoms in total. The molecule has 0 saturated heterocycles. The van der Waals surface area contributed by atoms with E-state index in [2.05, 4.69) is 15.0 Å². The molecule has 0 amide bonds. The fraction of sp³-hybridized carbons (Fsp3) is 0.150. The Labute approximate surface area is 177 Å². The number of rotatable bonds is 5. The summed E-state index contributed by atoms with van der Waals surface area (Å²) in [5, 5.41) is 14.9. The van der Waals surface area contributed by atoms with Crippen molar-refractivity contribution in [2.75, 3.05) is 17.2 Å². The number of benzene rings is 2. The molecule has 0 aliphatic carbocycles. The molecule has 1 aliphatic rings. The van der Waals surface area contributed by atoms with E-state index in [0.717, 1.165) is 6.07 Å². The highest BCUT2D eigenvalue weighted by Crippen LogP contribution is 2.29. The topological polar surface area (TPSA) is 134 Å². The molecular formula is C20H18FN3O6S. The van der Waals surface area contributed by atoms with E-state index in [4.69, 9.17) is 9.84 Å². The second-order valence-corrected chi connectivity index (χ2v) is 8.02. The van der Waals surface area contributed by atoms with E-state index >= 15 is 0 Å². The first-order valence-corrected chi connectivity index (χ1v) is 10.5. The van der Waals surface area contributed by atoms with Crippen LogP contribution in [-0.4, -0.2) is 37.9 Å². The van der Waals surface area contributed by atoms with Crippen LogP contribution >= 0.6 is 0 Å². The van der Waals surface area contributed by atoms with Crippen molar-refractivity contribution in [3.05, 3.63) is 65.1 Å². The fourth-order valence-corrected chi connectivity index (χ4v) is 3.88. The molecule has 0 atom stereocenters. The van der Waals surface area contributed by atoms with Gasteiger partial charge in [0.05, 0.1) is 28.4 Å². The predicted octanol–water partition coefficient (Wildman–Crippen LogP) is 2.99. The Balaban J connectivity index is 2.19. The number of aromatic carboxylic acids is 1. The van der Waals surface area contributed by atoms with Crippen molar-refractivity contribution in [1.29, 1.82) is 0 Å². The molecule has 0 unspecified atom stereocenters. The van der Waals surface area contributed by atoms with Crippen molar-refractivity contribution in [2.24, 2.45) is 4.40 Å². The maximum absolute atomic E-state index is 13.8. The van der Waals surface area contributed by atoms with E-state index in [1.54, 1.807) is 38.1 Å². The van der Waals surface area contributed by atoms with Gasteiger partial charge in [0, 0.05) is 5.70 Å². The standard InChI is InChI=1S/C20H18FN3O6S/c1-3-30-20(27)17-11(2)22-15-6-4-5-7-16(15)23-18(17)24-31(28,29)14-9-12(19(25)26)8-13(21)10-14/h4-10,22H,3H2,1-2H3,(H,23,24)(H,25,26). The summed E-state index contributed by atoms with van der Waals surface area (Å²) in [5.41, 5.74) is 0.535. The van der Waals surface area contributed by atoms with E-state index in [1.807, 2.05) is 0 Å². The number of hydrogen-bond acceptors (Lipinski definition) is 6. The van der Waals surface area contributed by atoms with Crippen LogP contribution in [0.1, 0.15) is 24.2 Å². The summed E-state index contributed by atoms with van der Waals surface area (Å²) >= 11 is 0. The SMILES string of the molecule is CCOC(=O)C1=C(C)Nc2ccccc2N/C1=N\S(=O)(=O)c1cc(F)cc(C(=O)O)c1. The van der Waals surface area contributed by atoms with Gasteiger partial charge in [0.25, 0.3) is 10.0 Å². The number of carboxylic acids is 1. The molecule has 3 N–H and O–H groups in total. The monoisotopic (exact) mass is 447 g/mol. The van der Waals surface area contributed by atoms with Gasteiger partial charge in [0.1, 0.15) is 11.4 Å². The van der Waals surface area contributed by atoms with Crippen LogP contribution in [0, 0.1) is 5.82 Å². The number of nitrogens with zero attached hydrogens (tertiary/aromatic N) is 1. The van der Waals surface area contributed by atoms with Gasteiger partial charge in [-0.3, -0.25) is 0 Å². The summed E-state index contributed by atoms with van der Waals surface area (Å²) in [6, 6.07) is 8.89. The number of nitrogens with one attached hydrogen (secondary N) is 2. The number of allylic oxidation sites excluding steroid dienone is 1. The number of carboxylic acid groups (broad SMARTS) is 1. The van der Waals surface area contributed by atoms with Crippen LogP contribution in [0.3, 0.4) is 0 Å². The first-order valence-electron chi connectivity index (χ1n) is 9.02. The molecule has 1 heterocycles. The summed E-state index contributed by atoms with van der Waals surface area (Å²) in [6.07, 6.45) is 0. The third-order valence-corrected chi connectivity index (χ3v) is 5.48. The number of hydrogen-bond donors (Lipinski definition) is 3. The van der Waals surface area contributed by atoms with E-state index in [9.17, 15) is 22.4 Å². The van der Waals surface area contributed by atoms with E-state index < -0.39 is 38.2 Å². The zero-order chi connectivity index (χ0) is 22.8. The van der Waals surface area contributed by atoms with Crippen molar-refractivity contribution in [3.63, 3.8) is 0 Å². The van der Waals surface area contributed by atoms with Crippen molar-refractivity contribution in [3.8, 4) is 0 Å². The number of esters is 1. The molecule has 3 rings (SSSR count). The van der Waals surface area contributed by atoms with Gasteiger partial charge in [0.2, 0.25) is 0 Å². The third kappa shape index (κ3) is 4.72. The van der Waals surface area contributed by atoms with Crippen molar-refractivity contribution >= 4 is 39.2 Å². The van der Waals surface area contributed by atoms with Crippen molar-refractivity contribution in [2.45, 2.75) is 18.7 Å². The quantitative estimate of drug-likeness (QED) is 0.596. The highest BCUT2D eigenvalue weighted by atomic mass is 32.2. The van der Waals surface area contributed by atoms with E-state index in [-0.39, 0.29) is 23.7 Å². The van der Waals surface area contributed by atoms with Crippen LogP contribution < -0.4 is 10.6 Å². The molecule has 31 heavy (non-hydrogen) atoms. The number of ether oxygens (including phenoxy) is 1. The number of sulfonamides is 1. The highest BCUT2D eigenvalue weighted by molar-refractivity contribution is 7.90. The summed E-state index contributed by atoms with van der Waals surface area (Å²) in [4.78, 5) is 23.1. The van der Waals surface area contributed by atoms with Crippen LogP contribution in [-0.2, 0) is 19.6 Å². The minimum Gasteiger partial charge on any atom is -0.478 e. The van der Waals surface area contributed by atoms with Crippen LogP contribution in [0.4, 0.5) is 15.8 Å². The smallest absolute Gasteiger partial charge is 0.343 e. The van der Waals surface area contributed by atoms with Crippen LogP contribution in [0.15, 0.2) is 63.0 Å². The molecule has 0 bridgehead atoms. The number of fused-ring (bicyclic) bond motifs is 1. The number of carbonyl (C=O) groups is 2. The summed E-state index contributed by atoms with van der Waals surface area (Å²) < 4.78 is 48.4. The molecule has 0 aromatic heterocycles. The van der Waals surface area contributed by atoms with Gasteiger partial charge in [-0.15, -0.1) is 4.40 Å². The normalized spacial score (nSPS) is 14.9. The van der Waals surface area contributed by atoms with Gasteiger partial charge in [-0.1, -0.05) is 12.1 Å². The minimum absolute atomic E-state index is 0.0362. The molecule has 0 saturated carbocycles. The molecule has 0 fully saturated rings. The van der Waals surface area contributed by atoms with Gasteiger partial charge in [-0.25, -0.2) is 14.0 Å². The van der Waals surface area contributed by atoms with Crippen molar-refractivity contribution in [1.82, 2.24) is 0 Å². The predicted molar refractivity (Wildman–Crippen MR) is 111 cm³/mol. The van der Waals surface area contributed by atoms with Crippen LogP contribution in [0.5, 0.6) is 0 Å². The zero-order valence-electron chi connectivity index (χ0n) is 16.5. The molecule has 0 spiro atoms. The van der Waals surface area contributed by atoms with Gasteiger partial charge in [-0.05, 0) is 44.2 Å². The number of halogens is 1. The van der Waals surface area contributed by atoms with Gasteiger partial charge in [0.15, 0.2) is 5.84 Å². The lowest BCUT2D eigenvalue weighted by Crippen LogP contribution is -2.25. The highest BCUT2D eigenvalue weighted by Gasteiger charge is 2.28. The lowest BCUT2D eigenvalue weighted by molar-refractivity contribution is -0.137. The second-order valence-electron chi connectivity index (χ2n) is 6.41. The largest absolute Gasteiger partial charge is 0.478 e. The maximum atomic E-state index is 13.8. The number of para-hydroxylation sites is 2. The average Bonchev–Trinajstić information content (AvgIpc) is 2.82. The van der Waals surface area contributed by atoms with Gasteiger partial charge < -0.3 is 20.5 Å². The minimum atomic E-state index is -4.61. The first-order chi connectivity index (χ1) is 14.6. The van der Waals surface area contributed by atoms with E-state index in [0.29, 0.717) is 23.5 Å². The Bertz CT molecular complexity index is 1240. The Morgan fingerprint density at radius 1 is 1.13 bits per heavy atom. The van der Waals surface area contributed by atoms with Crippen LogP contribution in [0.25, 0.3) is 0 Å². The summed E-state index contributed by atoms with van der Waals surface area (Å²) in [5.74, 6) is -3.74. The Morgan fingerprint density at radius 2 is 1.77 bits per heavy atom. The molecule has 1 aliphatic heterocycles. The maximum Gasteiger partial charge on any atom is 0.343 e.